The Hall–Kier alpha value is -6.90. The van der Waals surface area contributed by atoms with E-state index in [-0.39, 0.29) is 0 Å². The van der Waals surface area contributed by atoms with Crippen molar-refractivity contribution in [1.82, 2.24) is 9.13 Å². The van der Waals surface area contributed by atoms with Gasteiger partial charge in [0.25, 0.3) is 0 Å². The van der Waals surface area contributed by atoms with Gasteiger partial charge in [-0.1, -0.05) is 158 Å². The molecule has 0 spiro atoms. The second kappa shape index (κ2) is 11.3. The number of aromatic nitrogens is 2. The van der Waals surface area contributed by atoms with E-state index in [1.807, 2.05) is 0 Å². The van der Waals surface area contributed by atoms with Crippen molar-refractivity contribution in [3.8, 4) is 33.6 Å². The fourth-order valence-corrected chi connectivity index (χ4v) is 8.75. The Bertz CT molecular complexity index is 2970. The molecule has 0 fully saturated rings. The predicted molar refractivity (Wildman–Crippen MR) is 221 cm³/mol. The summed E-state index contributed by atoms with van der Waals surface area (Å²) in [5.74, 6) is 0. The molecule has 9 aromatic carbocycles. The molecule has 2 heteroatoms. The first-order valence-electron chi connectivity index (χ1n) is 18.0. The third-order valence-electron chi connectivity index (χ3n) is 10.9. The predicted octanol–water partition coefficient (Wildman–Crippen LogP) is 13.5. The highest BCUT2D eigenvalue weighted by Gasteiger charge is 2.23. The maximum Gasteiger partial charge on any atom is 0.0549 e. The van der Waals surface area contributed by atoms with Crippen LogP contribution in [0, 0.1) is 0 Å². The summed E-state index contributed by atoms with van der Waals surface area (Å²) in [5, 5.41) is 10.1. The van der Waals surface area contributed by atoms with Gasteiger partial charge in [0, 0.05) is 32.7 Å². The third-order valence-corrected chi connectivity index (χ3v) is 10.9. The van der Waals surface area contributed by atoms with Crippen LogP contribution >= 0.6 is 0 Å². The molecule has 0 atom stereocenters. The minimum absolute atomic E-state index is 1.18. The van der Waals surface area contributed by atoms with Crippen molar-refractivity contribution in [2.45, 2.75) is 0 Å². The minimum atomic E-state index is 1.18. The maximum atomic E-state index is 2.48. The molecule has 2 aromatic heterocycles. The summed E-state index contributed by atoms with van der Waals surface area (Å²) in [6, 6.07) is 70.9. The van der Waals surface area contributed by atoms with Gasteiger partial charge in [0.05, 0.1) is 33.4 Å². The van der Waals surface area contributed by atoms with E-state index in [9.17, 15) is 0 Å². The summed E-state index contributed by atoms with van der Waals surface area (Å²) < 4.78 is 4.97. The Balaban J connectivity index is 1.24. The van der Waals surface area contributed by atoms with E-state index < -0.39 is 0 Å². The summed E-state index contributed by atoms with van der Waals surface area (Å²) in [6.07, 6.45) is 0. The van der Waals surface area contributed by atoms with E-state index in [1.54, 1.807) is 0 Å². The smallest absolute Gasteiger partial charge is 0.0549 e. The first-order valence-corrected chi connectivity index (χ1v) is 18.0. The van der Waals surface area contributed by atoms with E-state index in [2.05, 4.69) is 203 Å². The Labute approximate surface area is 301 Å². The van der Waals surface area contributed by atoms with Crippen LogP contribution in [0.2, 0.25) is 0 Å². The normalized spacial score (nSPS) is 11.8. The van der Waals surface area contributed by atoms with Crippen LogP contribution in [0.3, 0.4) is 0 Å². The van der Waals surface area contributed by atoms with Gasteiger partial charge >= 0.3 is 0 Å². The summed E-state index contributed by atoms with van der Waals surface area (Å²) >= 11 is 0. The minimum Gasteiger partial charge on any atom is -0.309 e. The fraction of sp³-hybridized carbons (Fsp3) is 0. The molecule has 0 aliphatic carbocycles. The van der Waals surface area contributed by atoms with E-state index in [0.29, 0.717) is 0 Å². The molecular formula is C50H32N2. The second-order valence-corrected chi connectivity index (χ2v) is 13.6. The SMILES string of the molecule is c1ccc(-n2c3ccccc3c3c4c5ccccc5n(-c5ccccc5-c5cccc6ccccc56)c4ccc32)c(-c2cccc3ccccc23)c1. The first-order chi connectivity index (χ1) is 25.8. The monoisotopic (exact) mass is 660 g/mol. The molecule has 0 unspecified atom stereocenters. The van der Waals surface area contributed by atoms with Crippen LogP contribution in [0.5, 0.6) is 0 Å². The fourth-order valence-electron chi connectivity index (χ4n) is 8.75. The Kier molecular flexibility index (Phi) is 6.28. The lowest BCUT2D eigenvalue weighted by Crippen LogP contribution is -1.98. The molecular weight excluding hydrogens is 629 g/mol. The van der Waals surface area contributed by atoms with Crippen LogP contribution < -0.4 is 0 Å². The molecule has 0 N–H and O–H groups in total. The Morgan fingerprint density at radius 3 is 1.06 bits per heavy atom. The van der Waals surface area contributed by atoms with E-state index in [0.717, 1.165) is 0 Å². The molecule has 11 aromatic rings. The van der Waals surface area contributed by atoms with Gasteiger partial charge in [-0.25, -0.2) is 0 Å². The second-order valence-electron chi connectivity index (χ2n) is 13.6. The van der Waals surface area contributed by atoms with Crippen molar-refractivity contribution in [1.29, 1.82) is 0 Å². The standard InChI is InChI=1S/C50H32N2/c1-3-19-35-33(15-1)17-13-25-37(35)39-21-5-9-27-43(39)51-45-29-11-7-23-41(45)49-47(51)31-32-48-50(49)42-24-8-12-30-46(42)52(48)44-28-10-6-22-40(44)38-26-14-18-34-16-2-4-20-36(34)38/h1-32H. The van der Waals surface area contributed by atoms with Gasteiger partial charge in [-0.2, -0.15) is 0 Å². The molecule has 0 bridgehead atoms. The van der Waals surface area contributed by atoms with Gasteiger partial charge in [0.15, 0.2) is 0 Å². The Morgan fingerprint density at radius 2 is 0.577 bits per heavy atom. The van der Waals surface area contributed by atoms with Crippen LogP contribution in [0.1, 0.15) is 0 Å². The number of hydrogen-bond donors (Lipinski definition) is 0. The van der Waals surface area contributed by atoms with Crippen molar-refractivity contribution < 1.29 is 0 Å². The topological polar surface area (TPSA) is 9.86 Å². The van der Waals surface area contributed by atoms with E-state index >= 15 is 0 Å². The zero-order chi connectivity index (χ0) is 34.2. The van der Waals surface area contributed by atoms with Crippen LogP contribution in [0.25, 0.3) is 98.8 Å². The lowest BCUT2D eigenvalue weighted by molar-refractivity contribution is 1.17. The molecule has 0 aliphatic rings. The highest BCUT2D eigenvalue weighted by molar-refractivity contribution is 6.29. The molecule has 0 aliphatic heterocycles. The molecule has 2 heterocycles. The average molecular weight is 661 g/mol. The van der Waals surface area contributed by atoms with Crippen molar-refractivity contribution in [2.75, 3.05) is 0 Å². The number of fused-ring (bicyclic) bond motifs is 9. The largest absolute Gasteiger partial charge is 0.309 e. The number of nitrogens with zero attached hydrogens (tertiary/aromatic N) is 2. The summed E-state index contributed by atoms with van der Waals surface area (Å²) in [6.45, 7) is 0. The molecule has 52 heavy (non-hydrogen) atoms. The average Bonchev–Trinajstić information content (AvgIpc) is 3.73. The first kappa shape index (κ1) is 28.9. The zero-order valence-electron chi connectivity index (χ0n) is 28.4. The van der Waals surface area contributed by atoms with Crippen LogP contribution in [0.4, 0.5) is 0 Å². The molecule has 0 amide bonds. The van der Waals surface area contributed by atoms with Crippen molar-refractivity contribution in [3.05, 3.63) is 194 Å². The van der Waals surface area contributed by atoms with Gasteiger partial charge in [-0.15, -0.1) is 0 Å². The molecule has 0 radical (unpaired) electrons. The molecule has 0 saturated heterocycles. The Morgan fingerprint density at radius 1 is 0.231 bits per heavy atom. The van der Waals surface area contributed by atoms with Crippen LogP contribution in [-0.2, 0) is 0 Å². The highest BCUT2D eigenvalue weighted by atomic mass is 15.0. The number of rotatable bonds is 4. The van der Waals surface area contributed by atoms with Gasteiger partial charge in [-0.05, 0) is 69.1 Å². The van der Waals surface area contributed by atoms with Gasteiger partial charge in [0.1, 0.15) is 0 Å². The number of para-hydroxylation sites is 4. The lowest BCUT2D eigenvalue weighted by Gasteiger charge is -2.16. The summed E-state index contributed by atoms with van der Waals surface area (Å²) in [5.41, 5.74) is 12.1. The quantitative estimate of drug-likeness (QED) is 0.178. The van der Waals surface area contributed by atoms with Crippen LogP contribution in [0.15, 0.2) is 194 Å². The van der Waals surface area contributed by atoms with Crippen LogP contribution in [-0.4, -0.2) is 9.13 Å². The van der Waals surface area contributed by atoms with Gasteiger partial charge in [-0.3, -0.25) is 0 Å². The number of hydrogen-bond acceptors (Lipinski definition) is 0. The molecule has 0 saturated carbocycles. The van der Waals surface area contributed by atoms with Crippen molar-refractivity contribution in [2.24, 2.45) is 0 Å². The molecule has 242 valence electrons. The van der Waals surface area contributed by atoms with Crippen molar-refractivity contribution in [3.63, 3.8) is 0 Å². The lowest BCUT2D eigenvalue weighted by atomic mass is 9.97. The van der Waals surface area contributed by atoms with Crippen molar-refractivity contribution >= 4 is 65.2 Å². The van der Waals surface area contributed by atoms with E-state index in [4.69, 9.17) is 0 Å². The van der Waals surface area contributed by atoms with E-state index in [1.165, 1.54) is 98.8 Å². The number of benzene rings is 9. The highest BCUT2D eigenvalue weighted by Crippen LogP contribution is 2.45. The summed E-state index contributed by atoms with van der Waals surface area (Å²) in [7, 11) is 0. The molecule has 11 rings (SSSR count). The zero-order valence-corrected chi connectivity index (χ0v) is 28.4. The summed E-state index contributed by atoms with van der Waals surface area (Å²) in [4.78, 5) is 0. The maximum absolute atomic E-state index is 2.48. The molecule has 2 nitrogen and oxygen atoms in total. The third kappa shape index (κ3) is 4.12. The van der Waals surface area contributed by atoms with Gasteiger partial charge in [0.2, 0.25) is 0 Å². The van der Waals surface area contributed by atoms with Gasteiger partial charge < -0.3 is 9.13 Å².